The lowest BCUT2D eigenvalue weighted by atomic mass is 9.82. The number of anilines is 2. The number of carbonyl (C=O) groups is 1. The molecule has 0 aromatic heterocycles. The molecule has 1 amide bonds. The van der Waals surface area contributed by atoms with Gasteiger partial charge in [0.2, 0.25) is 5.91 Å². The van der Waals surface area contributed by atoms with Gasteiger partial charge in [0, 0.05) is 49.7 Å². The van der Waals surface area contributed by atoms with Crippen LogP contribution in [0.3, 0.4) is 0 Å². The minimum absolute atomic E-state index is 0.0118. The molecule has 3 unspecified atom stereocenters. The molecule has 2 aromatic rings. The van der Waals surface area contributed by atoms with Crippen molar-refractivity contribution in [1.29, 1.82) is 0 Å². The Bertz CT molecular complexity index is 1150. The first kappa shape index (κ1) is 25.7. The van der Waals surface area contributed by atoms with Gasteiger partial charge in [-0.15, -0.1) is 0 Å². The monoisotopic (exact) mass is 502 g/mol. The van der Waals surface area contributed by atoms with E-state index in [9.17, 15) is 15.0 Å². The Morgan fingerprint density at radius 3 is 2.65 bits per heavy atom. The Labute approximate surface area is 219 Å². The number of amides is 1. The molecule has 2 N–H and O–H groups in total. The molecule has 2 aromatic carbocycles. The number of allylic oxidation sites excluding steroid dienone is 2. The molecule has 0 saturated carbocycles. The first-order chi connectivity index (χ1) is 18.1. The number of aliphatic hydroxyl groups is 2. The number of aliphatic hydroxyl groups excluding tert-OH is 2. The van der Waals surface area contributed by atoms with Crippen molar-refractivity contribution in [2.75, 3.05) is 36.2 Å². The number of benzene rings is 2. The van der Waals surface area contributed by atoms with E-state index in [1.54, 1.807) is 0 Å². The summed E-state index contributed by atoms with van der Waals surface area (Å²) < 4.78 is 5.80. The SMILES string of the molecule is CCN1c2ccc(N3C(=O)CC(CCO)C=C3c3ccccc3)cc2C(C2CCCCOCC2)=CC1O. The normalized spacial score (nSPS) is 24.6. The van der Waals surface area contributed by atoms with Crippen molar-refractivity contribution < 1.29 is 19.7 Å². The van der Waals surface area contributed by atoms with Gasteiger partial charge in [-0.25, -0.2) is 0 Å². The standard InChI is InChI=1S/C31H38N2O4/c1-2-32-28-12-11-25(20-27(28)26(21-30(32)35)23-8-6-7-16-37-17-14-23)33-29(24-9-4-3-5-10-24)18-22(13-15-34)19-31(33)36/h3-5,9-12,18,20-23,30,34-35H,2,6-8,13-17,19H2,1H3. The van der Waals surface area contributed by atoms with Gasteiger partial charge >= 0.3 is 0 Å². The van der Waals surface area contributed by atoms with E-state index < -0.39 is 6.23 Å². The van der Waals surface area contributed by atoms with Gasteiger partial charge in [-0.3, -0.25) is 9.69 Å². The van der Waals surface area contributed by atoms with Gasteiger partial charge in [-0.1, -0.05) is 42.8 Å². The molecule has 196 valence electrons. The van der Waals surface area contributed by atoms with Crippen LogP contribution in [-0.4, -0.2) is 48.7 Å². The molecule has 0 spiro atoms. The van der Waals surface area contributed by atoms with E-state index in [-0.39, 0.29) is 18.4 Å². The maximum Gasteiger partial charge on any atom is 0.232 e. The summed E-state index contributed by atoms with van der Waals surface area (Å²) in [6, 6.07) is 16.2. The number of rotatable bonds is 6. The van der Waals surface area contributed by atoms with Crippen molar-refractivity contribution >= 4 is 28.6 Å². The summed E-state index contributed by atoms with van der Waals surface area (Å²) in [5.74, 6) is 0.351. The maximum atomic E-state index is 13.6. The topological polar surface area (TPSA) is 73.2 Å². The van der Waals surface area contributed by atoms with Crippen LogP contribution in [0.1, 0.15) is 56.6 Å². The zero-order chi connectivity index (χ0) is 25.8. The summed E-state index contributed by atoms with van der Waals surface area (Å²) in [7, 11) is 0. The van der Waals surface area contributed by atoms with E-state index >= 15 is 0 Å². The molecule has 5 rings (SSSR count). The van der Waals surface area contributed by atoms with Gasteiger partial charge in [-0.2, -0.15) is 0 Å². The summed E-state index contributed by atoms with van der Waals surface area (Å²) in [5, 5.41) is 20.5. The Morgan fingerprint density at radius 1 is 1.03 bits per heavy atom. The van der Waals surface area contributed by atoms with Crippen LogP contribution in [-0.2, 0) is 9.53 Å². The second kappa shape index (κ2) is 11.6. The van der Waals surface area contributed by atoms with E-state index in [4.69, 9.17) is 4.74 Å². The molecule has 6 heteroatoms. The molecule has 3 heterocycles. The minimum Gasteiger partial charge on any atom is -0.396 e. The minimum atomic E-state index is -0.666. The van der Waals surface area contributed by atoms with Crippen LogP contribution in [0.15, 0.2) is 60.7 Å². The Morgan fingerprint density at radius 2 is 1.86 bits per heavy atom. The van der Waals surface area contributed by atoms with E-state index in [1.165, 1.54) is 0 Å². The van der Waals surface area contributed by atoms with Crippen LogP contribution in [0.5, 0.6) is 0 Å². The lowest BCUT2D eigenvalue weighted by molar-refractivity contribution is -0.118. The first-order valence-electron chi connectivity index (χ1n) is 13.7. The average Bonchev–Trinajstić information content (AvgIpc) is 2.88. The Balaban J connectivity index is 1.59. The zero-order valence-electron chi connectivity index (χ0n) is 21.7. The van der Waals surface area contributed by atoms with Crippen molar-refractivity contribution in [2.24, 2.45) is 11.8 Å². The third-order valence-electron chi connectivity index (χ3n) is 7.88. The number of carbonyl (C=O) groups excluding carboxylic acids is 1. The summed E-state index contributed by atoms with van der Waals surface area (Å²) in [6.07, 6.45) is 8.57. The summed E-state index contributed by atoms with van der Waals surface area (Å²) in [4.78, 5) is 17.4. The van der Waals surface area contributed by atoms with Crippen LogP contribution >= 0.6 is 0 Å². The molecule has 3 atom stereocenters. The zero-order valence-corrected chi connectivity index (χ0v) is 21.7. The fourth-order valence-electron chi connectivity index (χ4n) is 5.99. The van der Waals surface area contributed by atoms with Gasteiger partial charge in [-0.05, 0) is 79.9 Å². The molecule has 3 aliphatic heterocycles. The average molecular weight is 503 g/mol. The van der Waals surface area contributed by atoms with Crippen molar-refractivity contribution in [3.63, 3.8) is 0 Å². The second-order valence-corrected chi connectivity index (χ2v) is 10.2. The maximum absolute atomic E-state index is 13.6. The lowest BCUT2D eigenvalue weighted by Crippen LogP contribution is -2.38. The predicted octanol–water partition coefficient (Wildman–Crippen LogP) is 5.21. The predicted molar refractivity (Wildman–Crippen MR) is 148 cm³/mol. The quantitative estimate of drug-likeness (QED) is 0.567. The van der Waals surface area contributed by atoms with Crippen LogP contribution in [0.25, 0.3) is 11.3 Å². The highest BCUT2D eigenvalue weighted by Gasteiger charge is 2.33. The molecule has 1 saturated heterocycles. The van der Waals surface area contributed by atoms with Crippen LogP contribution in [0, 0.1) is 11.8 Å². The van der Waals surface area contributed by atoms with E-state index in [0.29, 0.717) is 25.3 Å². The number of likely N-dealkylation sites (N-methyl/N-ethyl adjacent to an activating group) is 1. The van der Waals surface area contributed by atoms with Crippen molar-refractivity contribution in [3.05, 3.63) is 71.8 Å². The third-order valence-corrected chi connectivity index (χ3v) is 7.88. The molecule has 0 aliphatic carbocycles. The second-order valence-electron chi connectivity index (χ2n) is 10.2. The smallest absolute Gasteiger partial charge is 0.232 e. The molecule has 6 nitrogen and oxygen atoms in total. The van der Waals surface area contributed by atoms with E-state index in [0.717, 1.165) is 72.7 Å². The largest absolute Gasteiger partial charge is 0.396 e. The van der Waals surface area contributed by atoms with Gasteiger partial charge in [0.25, 0.3) is 0 Å². The van der Waals surface area contributed by atoms with Crippen molar-refractivity contribution in [1.82, 2.24) is 0 Å². The molecular formula is C31H38N2O4. The molecule has 0 radical (unpaired) electrons. The highest BCUT2D eigenvalue weighted by molar-refractivity contribution is 6.08. The van der Waals surface area contributed by atoms with Crippen LogP contribution in [0.4, 0.5) is 11.4 Å². The molecule has 3 aliphatic rings. The van der Waals surface area contributed by atoms with E-state index in [1.807, 2.05) is 52.3 Å². The van der Waals surface area contributed by atoms with Crippen molar-refractivity contribution in [2.45, 2.75) is 51.7 Å². The third kappa shape index (κ3) is 5.37. The summed E-state index contributed by atoms with van der Waals surface area (Å²) in [5.41, 5.74) is 5.94. The highest BCUT2D eigenvalue weighted by Crippen LogP contribution is 2.44. The van der Waals surface area contributed by atoms with E-state index in [2.05, 4.69) is 25.1 Å². The Kier molecular flexibility index (Phi) is 8.08. The fraction of sp³-hybridized carbons (Fsp3) is 0.452. The molecule has 1 fully saturated rings. The van der Waals surface area contributed by atoms with Crippen LogP contribution < -0.4 is 9.80 Å². The number of hydrogen-bond acceptors (Lipinski definition) is 5. The lowest BCUT2D eigenvalue weighted by Gasteiger charge is -2.38. The van der Waals surface area contributed by atoms with Gasteiger partial charge < -0.3 is 19.8 Å². The first-order valence-corrected chi connectivity index (χ1v) is 13.7. The fourth-order valence-corrected chi connectivity index (χ4v) is 5.99. The molecule has 0 bridgehead atoms. The van der Waals surface area contributed by atoms with Crippen molar-refractivity contribution in [3.8, 4) is 0 Å². The summed E-state index contributed by atoms with van der Waals surface area (Å²) >= 11 is 0. The number of fused-ring (bicyclic) bond motifs is 1. The van der Waals surface area contributed by atoms with Crippen LogP contribution in [0.2, 0.25) is 0 Å². The highest BCUT2D eigenvalue weighted by atomic mass is 16.5. The summed E-state index contributed by atoms with van der Waals surface area (Å²) in [6.45, 7) is 4.34. The molecule has 37 heavy (non-hydrogen) atoms. The number of ether oxygens (including phenoxy) is 1. The van der Waals surface area contributed by atoms with Gasteiger partial charge in [0.15, 0.2) is 0 Å². The Hall–Kier alpha value is -2.93. The van der Waals surface area contributed by atoms with Gasteiger partial charge in [0.05, 0.1) is 5.70 Å². The molecular weight excluding hydrogens is 464 g/mol. The number of hydrogen-bond donors (Lipinski definition) is 2. The van der Waals surface area contributed by atoms with Gasteiger partial charge in [0.1, 0.15) is 6.23 Å². The number of nitrogens with zero attached hydrogens (tertiary/aromatic N) is 2.